The molecule has 0 atom stereocenters. The number of ketones is 1. The van der Waals surface area contributed by atoms with Gasteiger partial charge in [-0.25, -0.2) is 0 Å². The molecule has 1 aliphatic rings. The highest BCUT2D eigenvalue weighted by atomic mass is 16.1. The van der Waals surface area contributed by atoms with Crippen LogP contribution in [0.3, 0.4) is 0 Å². The lowest BCUT2D eigenvalue weighted by Gasteiger charge is -2.13. The molecule has 17 heavy (non-hydrogen) atoms. The van der Waals surface area contributed by atoms with Gasteiger partial charge in [0.05, 0.1) is 6.54 Å². The van der Waals surface area contributed by atoms with Crippen molar-refractivity contribution in [1.82, 2.24) is 9.88 Å². The largest absolute Gasteiger partial charge is 0.346 e. The number of aromatic nitrogens is 1. The van der Waals surface area contributed by atoms with Gasteiger partial charge in [-0.1, -0.05) is 0 Å². The molecule has 1 heterocycles. The van der Waals surface area contributed by atoms with Gasteiger partial charge in [-0.05, 0) is 46.6 Å². The SMILES string of the molecule is Cc1cc(C(=O)CNC2CC2)c(C)n1C(C)C. The van der Waals surface area contributed by atoms with Gasteiger partial charge < -0.3 is 9.88 Å². The van der Waals surface area contributed by atoms with E-state index in [2.05, 4.69) is 30.7 Å². The van der Waals surface area contributed by atoms with Crippen molar-refractivity contribution in [2.45, 2.75) is 52.6 Å². The number of nitrogens with one attached hydrogen (secondary N) is 1. The molecule has 0 aliphatic heterocycles. The normalized spacial score (nSPS) is 15.6. The average molecular weight is 234 g/mol. The van der Waals surface area contributed by atoms with Gasteiger partial charge in [0.2, 0.25) is 0 Å². The minimum Gasteiger partial charge on any atom is -0.346 e. The van der Waals surface area contributed by atoms with Crippen molar-refractivity contribution >= 4 is 5.78 Å². The molecule has 94 valence electrons. The number of nitrogens with zero attached hydrogens (tertiary/aromatic N) is 1. The third kappa shape index (κ3) is 2.60. The Kier molecular flexibility index (Phi) is 3.38. The van der Waals surface area contributed by atoms with Gasteiger partial charge in [-0.3, -0.25) is 4.79 Å². The molecule has 3 nitrogen and oxygen atoms in total. The van der Waals surface area contributed by atoms with E-state index in [0.29, 0.717) is 18.6 Å². The Labute approximate surface area is 103 Å². The van der Waals surface area contributed by atoms with Crippen molar-refractivity contribution < 1.29 is 4.79 Å². The standard InChI is InChI=1S/C14H22N2O/c1-9(2)16-10(3)7-13(11(16)4)14(17)8-15-12-5-6-12/h7,9,12,15H,5-6,8H2,1-4H3. The smallest absolute Gasteiger partial charge is 0.178 e. The number of carbonyl (C=O) groups is 1. The first-order valence-electron chi connectivity index (χ1n) is 6.45. The lowest BCUT2D eigenvalue weighted by molar-refractivity contribution is 0.0990. The minimum absolute atomic E-state index is 0.219. The molecule has 0 radical (unpaired) electrons. The van der Waals surface area contributed by atoms with Crippen LogP contribution in [0.4, 0.5) is 0 Å². The Balaban J connectivity index is 2.13. The molecule has 1 aromatic heterocycles. The van der Waals surface area contributed by atoms with Crippen molar-refractivity contribution in [3.63, 3.8) is 0 Å². The second-order valence-corrected chi connectivity index (χ2v) is 5.33. The summed E-state index contributed by atoms with van der Waals surface area (Å²) in [4.78, 5) is 12.1. The fourth-order valence-corrected chi connectivity index (χ4v) is 2.47. The number of hydrogen-bond acceptors (Lipinski definition) is 2. The summed E-state index contributed by atoms with van der Waals surface area (Å²) in [5.74, 6) is 0.219. The zero-order valence-corrected chi connectivity index (χ0v) is 11.2. The Bertz CT molecular complexity index is 428. The van der Waals surface area contributed by atoms with Crippen LogP contribution in [-0.2, 0) is 0 Å². The molecule has 2 rings (SSSR count). The molecule has 0 saturated heterocycles. The van der Waals surface area contributed by atoms with Crippen LogP contribution in [0, 0.1) is 13.8 Å². The van der Waals surface area contributed by atoms with E-state index >= 15 is 0 Å². The van der Waals surface area contributed by atoms with Gasteiger partial charge >= 0.3 is 0 Å². The van der Waals surface area contributed by atoms with Gasteiger partial charge in [0.15, 0.2) is 5.78 Å². The zero-order valence-electron chi connectivity index (χ0n) is 11.2. The molecule has 1 fully saturated rings. The molecular weight excluding hydrogens is 212 g/mol. The van der Waals surface area contributed by atoms with E-state index in [0.717, 1.165) is 11.3 Å². The third-order valence-electron chi connectivity index (χ3n) is 3.43. The average Bonchev–Trinajstić information content (AvgIpc) is 3.01. The van der Waals surface area contributed by atoms with Crippen LogP contribution in [0.2, 0.25) is 0 Å². The third-order valence-corrected chi connectivity index (χ3v) is 3.43. The Morgan fingerprint density at radius 1 is 1.47 bits per heavy atom. The Morgan fingerprint density at radius 3 is 2.59 bits per heavy atom. The lowest BCUT2D eigenvalue weighted by atomic mass is 10.1. The molecular formula is C14H22N2O. The van der Waals surface area contributed by atoms with Crippen molar-refractivity contribution in [2.75, 3.05) is 6.54 Å². The van der Waals surface area contributed by atoms with Crippen LogP contribution >= 0.6 is 0 Å². The summed E-state index contributed by atoms with van der Waals surface area (Å²) in [6, 6.07) is 3.02. The number of Topliss-reactive ketones (excluding diaryl/α,β-unsaturated/α-hetero) is 1. The maximum Gasteiger partial charge on any atom is 0.178 e. The molecule has 0 bridgehead atoms. The molecule has 1 aromatic rings. The van der Waals surface area contributed by atoms with Gasteiger partial charge in [0.25, 0.3) is 0 Å². The Morgan fingerprint density at radius 2 is 2.12 bits per heavy atom. The highest BCUT2D eigenvalue weighted by Gasteiger charge is 2.23. The summed E-state index contributed by atoms with van der Waals surface area (Å²) in [7, 11) is 0. The van der Waals surface area contributed by atoms with E-state index in [1.54, 1.807) is 0 Å². The van der Waals surface area contributed by atoms with E-state index in [1.807, 2.05) is 13.0 Å². The van der Waals surface area contributed by atoms with E-state index < -0.39 is 0 Å². The van der Waals surface area contributed by atoms with Crippen LogP contribution < -0.4 is 5.32 Å². The quantitative estimate of drug-likeness (QED) is 0.795. The van der Waals surface area contributed by atoms with Crippen LogP contribution in [0.5, 0.6) is 0 Å². The first-order chi connectivity index (χ1) is 8.00. The molecule has 3 heteroatoms. The summed E-state index contributed by atoms with van der Waals surface area (Å²) in [5, 5.41) is 3.28. The van der Waals surface area contributed by atoms with Gasteiger partial charge in [0, 0.05) is 29.0 Å². The fourth-order valence-electron chi connectivity index (χ4n) is 2.47. The summed E-state index contributed by atoms with van der Waals surface area (Å²) in [5.41, 5.74) is 3.15. The molecule has 1 aliphatic carbocycles. The minimum atomic E-state index is 0.219. The molecule has 1 saturated carbocycles. The highest BCUT2D eigenvalue weighted by Crippen LogP contribution is 2.21. The van der Waals surface area contributed by atoms with Crippen molar-refractivity contribution in [2.24, 2.45) is 0 Å². The molecule has 0 amide bonds. The maximum atomic E-state index is 12.1. The fraction of sp³-hybridized carbons (Fsp3) is 0.643. The summed E-state index contributed by atoms with van der Waals surface area (Å²) in [6.45, 7) is 8.88. The molecule has 0 aromatic carbocycles. The van der Waals surface area contributed by atoms with Crippen molar-refractivity contribution in [3.8, 4) is 0 Å². The van der Waals surface area contributed by atoms with Gasteiger partial charge in [0.1, 0.15) is 0 Å². The number of aryl methyl sites for hydroxylation is 1. The highest BCUT2D eigenvalue weighted by molar-refractivity contribution is 5.99. The predicted octanol–water partition coefficient (Wildman–Crippen LogP) is 2.62. The van der Waals surface area contributed by atoms with Crippen molar-refractivity contribution in [1.29, 1.82) is 0 Å². The topological polar surface area (TPSA) is 34.0 Å². The van der Waals surface area contributed by atoms with Crippen LogP contribution in [0.25, 0.3) is 0 Å². The van der Waals surface area contributed by atoms with Crippen LogP contribution in [-0.4, -0.2) is 22.9 Å². The van der Waals surface area contributed by atoms with Gasteiger partial charge in [-0.2, -0.15) is 0 Å². The molecule has 1 N–H and O–H groups in total. The van der Waals surface area contributed by atoms with Crippen LogP contribution in [0.15, 0.2) is 6.07 Å². The zero-order chi connectivity index (χ0) is 12.6. The van der Waals surface area contributed by atoms with E-state index in [-0.39, 0.29) is 5.78 Å². The van der Waals surface area contributed by atoms with E-state index in [1.165, 1.54) is 18.5 Å². The molecule has 0 unspecified atom stereocenters. The van der Waals surface area contributed by atoms with Crippen molar-refractivity contribution in [3.05, 3.63) is 23.0 Å². The van der Waals surface area contributed by atoms with Gasteiger partial charge in [-0.15, -0.1) is 0 Å². The first-order valence-corrected chi connectivity index (χ1v) is 6.45. The number of carbonyl (C=O) groups excluding carboxylic acids is 1. The summed E-state index contributed by atoms with van der Waals surface area (Å²) >= 11 is 0. The number of rotatable bonds is 5. The maximum absolute atomic E-state index is 12.1. The second-order valence-electron chi connectivity index (χ2n) is 5.33. The van der Waals surface area contributed by atoms with E-state index in [4.69, 9.17) is 0 Å². The Hall–Kier alpha value is -1.09. The monoisotopic (exact) mass is 234 g/mol. The second kappa shape index (κ2) is 4.65. The predicted molar refractivity (Wildman–Crippen MR) is 69.6 cm³/mol. The summed E-state index contributed by atoms with van der Waals surface area (Å²) < 4.78 is 2.23. The summed E-state index contributed by atoms with van der Waals surface area (Å²) in [6.07, 6.45) is 2.44. The lowest BCUT2D eigenvalue weighted by Crippen LogP contribution is -2.25. The number of hydrogen-bond donors (Lipinski definition) is 1. The molecule has 0 spiro atoms. The first kappa shape index (κ1) is 12.4. The van der Waals surface area contributed by atoms with Crippen LogP contribution in [0.1, 0.15) is 54.5 Å². The van der Waals surface area contributed by atoms with E-state index in [9.17, 15) is 4.79 Å².